The van der Waals surface area contributed by atoms with Crippen molar-refractivity contribution >= 4 is 5.91 Å². The van der Waals surface area contributed by atoms with Gasteiger partial charge in [-0.15, -0.1) is 0 Å². The monoisotopic (exact) mass is 247 g/mol. The van der Waals surface area contributed by atoms with E-state index in [4.69, 9.17) is 5.84 Å². The van der Waals surface area contributed by atoms with Crippen LogP contribution >= 0.6 is 0 Å². The van der Waals surface area contributed by atoms with Crippen LogP contribution in [0.1, 0.15) is 42.1 Å². The normalized spacial score (nSPS) is 20.0. The van der Waals surface area contributed by atoms with Gasteiger partial charge in [0.15, 0.2) is 0 Å². The lowest BCUT2D eigenvalue weighted by Gasteiger charge is -2.24. The largest absolute Gasteiger partial charge is 0.296 e. The number of rotatable bonds is 4. The predicted molar refractivity (Wildman–Crippen MR) is 71.8 cm³/mol. The minimum atomic E-state index is -0.210. The van der Waals surface area contributed by atoms with Crippen LogP contribution in [0, 0.1) is 0 Å². The van der Waals surface area contributed by atoms with E-state index in [0.29, 0.717) is 11.6 Å². The Morgan fingerprint density at radius 2 is 2.28 bits per heavy atom. The number of nitrogens with one attached hydrogen (secondary N) is 1. The smallest absolute Gasteiger partial charge is 0.265 e. The molecule has 0 aliphatic carbocycles. The lowest BCUT2D eigenvalue weighted by molar-refractivity contribution is 0.0951. The molecule has 18 heavy (non-hydrogen) atoms. The van der Waals surface area contributed by atoms with Crippen LogP contribution in [0.4, 0.5) is 0 Å². The number of nitrogens with two attached hydrogens (primary N) is 1. The van der Waals surface area contributed by atoms with Crippen molar-refractivity contribution in [1.29, 1.82) is 0 Å². The molecule has 1 aliphatic rings. The number of carbonyl (C=O) groups is 1. The molecule has 1 aromatic carbocycles. The minimum Gasteiger partial charge on any atom is -0.296 e. The molecule has 3 N–H and O–H groups in total. The number of nitrogen functional groups attached to an aromatic ring is 1. The molecule has 2 rings (SSSR count). The van der Waals surface area contributed by atoms with E-state index in [1.165, 1.54) is 19.3 Å². The molecule has 0 spiro atoms. The fourth-order valence-corrected chi connectivity index (χ4v) is 2.74. The van der Waals surface area contributed by atoms with Crippen LogP contribution in [-0.2, 0) is 6.54 Å². The standard InChI is InChI=1S/C14H21N3O/c1-2-12-7-5-9-17(12)10-11-6-3-4-8-13(11)14(18)16-15/h3-4,6,8,12H,2,5,7,9-10,15H2,1H3,(H,16,18). The van der Waals surface area contributed by atoms with E-state index in [2.05, 4.69) is 17.2 Å². The average molecular weight is 247 g/mol. The van der Waals surface area contributed by atoms with Crippen LogP contribution in [0.5, 0.6) is 0 Å². The summed E-state index contributed by atoms with van der Waals surface area (Å²) in [5, 5.41) is 0. The first-order valence-electron chi connectivity index (χ1n) is 6.59. The van der Waals surface area contributed by atoms with Crippen molar-refractivity contribution in [1.82, 2.24) is 10.3 Å². The maximum atomic E-state index is 11.7. The molecule has 98 valence electrons. The Hall–Kier alpha value is -1.39. The molecule has 0 radical (unpaired) electrons. The molecule has 1 atom stereocenters. The zero-order valence-corrected chi connectivity index (χ0v) is 10.9. The zero-order valence-electron chi connectivity index (χ0n) is 10.9. The molecule has 1 unspecified atom stereocenters. The molecule has 1 heterocycles. The summed E-state index contributed by atoms with van der Waals surface area (Å²) in [6.45, 7) is 4.18. The molecule has 1 fully saturated rings. The molecular weight excluding hydrogens is 226 g/mol. The fraction of sp³-hybridized carbons (Fsp3) is 0.500. The van der Waals surface area contributed by atoms with Crippen LogP contribution in [0.15, 0.2) is 24.3 Å². The minimum absolute atomic E-state index is 0.210. The van der Waals surface area contributed by atoms with Gasteiger partial charge in [0.25, 0.3) is 5.91 Å². The van der Waals surface area contributed by atoms with E-state index >= 15 is 0 Å². The quantitative estimate of drug-likeness (QED) is 0.483. The van der Waals surface area contributed by atoms with E-state index < -0.39 is 0 Å². The fourth-order valence-electron chi connectivity index (χ4n) is 2.74. The van der Waals surface area contributed by atoms with Crippen molar-refractivity contribution in [2.75, 3.05) is 6.54 Å². The zero-order chi connectivity index (χ0) is 13.0. The Kier molecular flexibility index (Phi) is 4.33. The van der Waals surface area contributed by atoms with Crippen LogP contribution in [0.3, 0.4) is 0 Å². The molecule has 1 aromatic rings. The van der Waals surface area contributed by atoms with E-state index in [-0.39, 0.29) is 5.91 Å². The molecule has 0 aromatic heterocycles. The number of likely N-dealkylation sites (tertiary alicyclic amines) is 1. The molecule has 0 bridgehead atoms. The SMILES string of the molecule is CCC1CCCN1Cc1ccccc1C(=O)NN. The molecular formula is C14H21N3O. The Labute approximate surface area is 108 Å². The van der Waals surface area contributed by atoms with Gasteiger partial charge in [-0.05, 0) is 37.4 Å². The van der Waals surface area contributed by atoms with Crippen molar-refractivity contribution < 1.29 is 4.79 Å². The first kappa shape index (κ1) is 13.1. The van der Waals surface area contributed by atoms with Gasteiger partial charge in [0, 0.05) is 18.2 Å². The van der Waals surface area contributed by atoms with Gasteiger partial charge in [-0.25, -0.2) is 5.84 Å². The summed E-state index contributed by atoms with van der Waals surface area (Å²) in [4.78, 5) is 14.2. The third-order valence-corrected chi connectivity index (χ3v) is 3.74. The number of carbonyl (C=O) groups excluding carboxylic acids is 1. The number of hydrazine groups is 1. The van der Waals surface area contributed by atoms with Gasteiger partial charge in [0.2, 0.25) is 0 Å². The van der Waals surface area contributed by atoms with E-state index in [9.17, 15) is 4.79 Å². The first-order valence-corrected chi connectivity index (χ1v) is 6.59. The van der Waals surface area contributed by atoms with Gasteiger partial charge in [-0.3, -0.25) is 15.1 Å². The summed E-state index contributed by atoms with van der Waals surface area (Å²) in [7, 11) is 0. The Morgan fingerprint density at radius 1 is 1.50 bits per heavy atom. The molecule has 1 saturated heterocycles. The third kappa shape index (κ3) is 2.71. The molecule has 4 heteroatoms. The summed E-state index contributed by atoms with van der Waals surface area (Å²) >= 11 is 0. The van der Waals surface area contributed by atoms with Crippen LogP contribution in [0.25, 0.3) is 0 Å². The molecule has 1 aliphatic heterocycles. The number of hydrogen-bond acceptors (Lipinski definition) is 3. The highest BCUT2D eigenvalue weighted by atomic mass is 16.2. The second-order valence-electron chi connectivity index (χ2n) is 4.81. The number of amides is 1. The highest BCUT2D eigenvalue weighted by Crippen LogP contribution is 2.23. The third-order valence-electron chi connectivity index (χ3n) is 3.74. The molecule has 4 nitrogen and oxygen atoms in total. The van der Waals surface area contributed by atoms with Crippen molar-refractivity contribution in [2.45, 2.75) is 38.8 Å². The van der Waals surface area contributed by atoms with Gasteiger partial charge in [-0.1, -0.05) is 25.1 Å². The van der Waals surface area contributed by atoms with Crippen molar-refractivity contribution in [3.05, 3.63) is 35.4 Å². The lowest BCUT2D eigenvalue weighted by Crippen LogP contribution is -2.33. The highest BCUT2D eigenvalue weighted by molar-refractivity contribution is 5.95. The van der Waals surface area contributed by atoms with Gasteiger partial charge in [-0.2, -0.15) is 0 Å². The highest BCUT2D eigenvalue weighted by Gasteiger charge is 2.23. The van der Waals surface area contributed by atoms with Crippen LogP contribution in [0.2, 0.25) is 0 Å². The average Bonchev–Trinajstić information content (AvgIpc) is 2.86. The number of nitrogens with zero attached hydrogens (tertiary/aromatic N) is 1. The Bertz CT molecular complexity index is 419. The van der Waals surface area contributed by atoms with Crippen molar-refractivity contribution in [2.24, 2.45) is 5.84 Å². The van der Waals surface area contributed by atoms with E-state index in [0.717, 1.165) is 18.7 Å². The molecule has 0 saturated carbocycles. The topological polar surface area (TPSA) is 58.4 Å². The number of benzene rings is 1. The second kappa shape index (κ2) is 5.98. The van der Waals surface area contributed by atoms with Crippen molar-refractivity contribution in [3.8, 4) is 0 Å². The maximum Gasteiger partial charge on any atom is 0.265 e. The summed E-state index contributed by atoms with van der Waals surface area (Å²) in [6, 6.07) is 8.33. The van der Waals surface area contributed by atoms with Crippen molar-refractivity contribution in [3.63, 3.8) is 0 Å². The summed E-state index contributed by atoms with van der Waals surface area (Å²) in [5.41, 5.74) is 3.95. The van der Waals surface area contributed by atoms with E-state index in [1.54, 1.807) is 0 Å². The van der Waals surface area contributed by atoms with Gasteiger partial charge in [0.05, 0.1) is 0 Å². The van der Waals surface area contributed by atoms with Gasteiger partial charge >= 0.3 is 0 Å². The van der Waals surface area contributed by atoms with Gasteiger partial charge < -0.3 is 0 Å². The lowest BCUT2D eigenvalue weighted by atomic mass is 10.1. The van der Waals surface area contributed by atoms with Crippen LogP contribution < -0.4 is 11.3 Å². The Morgan fingerprint density at radius 3 is 3.00 bits per heavy atom. The predicted octanol–water partition coefficient (Wildman–Crippen LogP) is 1.66. The second-order valence-corrected chi connectivity index (χ2v) is 4.81. The number of hydrogen-bond donors (Lipinski definition) is 2. The summed E-state index contributed by atoms with van der Waals surface area (Å²) < 4.78 is 0. The maximum absolute atomic E-state index is 11.7. The summed E-state index contributed by atoms with van der Waals surface area (Å²) in [5.74, 6) is 5.01. The van der Waals surface area contributed by atoms with Crippen LogP contribution in [-0.4, -0.2) is 23.4 Å². The van der Waals surface area contributed by atoms with E-state index in [1.807, 2.05) is 24.3 Å². The first-order chi connectivity index (χ1) is 8.76. The Balaban J connectivity index is 2.16. The summed E-state index contributed by atoms with van der Waals surface area (Å²) in [6.07, 6.45) is 3.69. The molecule has 1 amide bonds. The van der Waals surface area contributed by atoms with Gasteiger partial charge in [0.1, 0.15) is 0 Å².